The van der Waals surface area contributed by atoms with Crippen LogP contribution in [0.3, 0.4) is 0 Å². The third-order valence-corrected chi connectivity index (χ3v) is 5.48. The van der Waals surface area contributed by atoms with Gasteiger partial charge in [-0.25, -0.2) is 4.99 Å². The number of fused-ring (bicyclic) bond motifs is 1. The van der Waals surface area contributed by atoms with Crippen molar-refractivity contribution in [2.45, 2.75) is 13.8 Å². The summed E-state index contributed by atoms with van der Waals surface area (Å²) in [6.07, 6.45) is 0. The van der Waals surface area contributed by atoms with Gasteiger partial charge < -0.3 is 23.4 Å². The molecule has 4 rings (SSSR count). The predicted octanol–water partition coefficient (Wildman–Crippen LogP) is 5.98. The second-order valence-electron chi connectivity index (χ2n) is 7.67. The summed E-state index contributed by atoms with van der Waals surface area (Å²) in [4.78, 5) is 4.97. The van der Waals surface area contributed by atoms with E-state index in [0.717, 1.165) is 33.0 Å². The van der Waals surface area contributed by atoms with Gasteiger partial charge >= 0.3 is 0 Å². The molecule has 3 aromatic carbocycles. The summed E-state index contributed by atoms with van der Waals surface area (Å²) in [6, 6.07) is 17.3. The van der Waals surface area contributed by atoms with Gasteiger partial charge in [0, 0.05) is 23.1 Å². The number of hydrogen-bond donors (Lipinski definition) is 0. The fourth-order valence-corrected chi connectivity index (χ4v) is 3.91. The molecule has 0 fully saturated rings. The van der Waals surface area contributed by atoms with Gasteiger partial charge in [0.15, 0.2) is 11.5 Å². The minimum atomic E-state index is 0.626. The lowest BCUT2D eigenvalue weighted by atomic mass is 10.0. The molecule has 0 radical (unpaired) electrons. The summed E-state index contributed by atoms with van der Waals surface area (Å²) in [5.41, 5.74) is 4.50. The van der Waals surface area contributed by atoms with E-state index in [0.29, 0.717) is 34.4 Å². The van der Waals surface area contributed by atoms with Gasteiger partial charge in [-0.3, -0.25) is 0 Å². The van der Waals surface area contributed by atoms with E-state index in [2.05, 4.69) is 13.0 Å². The molecule has 170 valence electrons. The second-order valence-corrected chi connectivity index (χ2v) is 7.67. The van der Waals surface area contributed by atoms with Crippen molar-refractivity contribution in [2.24, 2.45) is 4.99 Å². The Hall–Kier alpha value is -3.93. The van der Waals surface area contributed by atoms with Gasteiger partial charge in [-0.1, -0.05) is 6.07 Å². The van der Waals surface area contributed by atoms with Crippen molar-refractivity contribution in [3.05, 3.63) is 71.1 Å². The molecule has 0 unspecified atom stereocenters. The van der Waals surface area contributed by atoms with Crippen LogP contribution in [0.2, 0.25) is 0 Å². The summed E-state index contributed by atoms with van der Waals surface area (Å²) < 4.78 is 28.1. The molecule has 0 atom stereocenters. The molecule has 0 N–H and O–H groups in total. The Bertz CT molecular complexity index is 1390. The first-order chi connectivity index (χ1) is 16.0. The fourth-order valence-electron chi connectivity index (χ4n) is 3.91. The van der Waals surface area contributed by atoms with Crippen LogP contribution in [-0.2, 0) is 0 Å². The van der Waals surface area contributed by atoms with Crippen LogP contribution in [0.5, 0.6) is 23.0 Å². The molecular weight excluding hydrogens is 418 g/mol. The smallest absolute Gasteiger partial charge is 0.161 e. The highest BCUT2D eigenvalue weighted by Gasteiger charge is 2.13. The van der Waals surface area contributed by atoms with Gasteiger partial charge in [-0.05, 0) is 61.4 Å². The summed E-state index contributed by atoms with van der Waals surface area (Å²) in [5, 5.41) is 1.73. The number of hydrogen-bond acceptors (Lipinski definition) is 6. The Morgan fingerprint density at radius 3 is 2.15 bits per heavy atom. The number of aryl methyl sites for hydroxylation is 2. The maximum absolute atomic E-state index is 6.35. The van der Waals surface area contributed by atoms with Crippen LogP contribution in [0.1, 0.15) is 11.1 Å². The molecule has 6 nitrogen and oxygen atoms in total. The van der Waals surface area contributed by atoms with Crippen molar-refractivity contribution in [1.82, 2.24) is 0 Å². The SMILES string of the molecule is COc1ccc(N=c2cc(-c3ccc(OC)c(OC)c3)oc3cc(C)cc(C)c23)c(OC)c1. The molecule has 1 heterocycles. The van der Waals surface area contributed by atoms with Crippen molar-refractivity contribution in [1.29, 1.82) is 0 Å². The molecule has 0 spiro atoms. The zero-order valence-corrected chi connectivity index (χ0v) is 19.7. The van der Waals surface area contributed by atoms with E-state index in [1.165, 1.54) is 0 Å². The van der Waals surface area contributed by atoms with Crippen molar-refractivity contribution in [2.75, 3.05) is 28.4 Å². The summed E-state index contributed by atoms with van der Waals surface area (Å²) >= 11 is 0. The van der Waals surface area contributed by atoms with Crippen molar-refractivity contribution < 1.29 is 23.4 Å². The molecule has 4 aromatic rings. The maximum Gasteiger partial charge on any atom is 0.161 e. The van der Waals surface area contributed by atoms with E-state index >= 15 is 0 Å². The average Bonchev–Trinajstić information content (AvgIpc) is 2.83. The maximum atomic E-state index is 6.35. The molecule has 0 saturated heterocycles. The molecule has 0 saturated carbocycles. The van der Waals surface area contributed by atoms with Crippen LogP contribution in [-0.4, -0.2) is 28.4 Å². The minimum absolute atomic E-state index is 0.626. The van der Waals surface area contributed by atoms with Crippen molar-refractivity contribution in [3.63, 3.8) is 0 Å². The van der Waals surface area contributed by atoms with E-state index < -0.39 is 0 Å². The Morgan fingerprint density at radius 2 is 1.45 bits per heavy atom. The Labute approximate surface area is 193 Å². The molecule has 0 aliphatic carbocycles. The summed E-state index contributed by atoms with van der Waals surface area (Å²) in [5.74, 6) is 3.28. The number of benzene rings is 3. The lowest BCUT2D eigenvalue weighted by molar-refractivity contribution is 0.355. The topological polar surface area (TPSA) is 62.4 Å². The summed E-state index contributed by atoms with van der Waals surface area (Å²) in [6.45, 7) is 4.11. The van der Waals surface area contributed by atoms with E-state index in [1.54, 1.807) is 28.4 Å². The lowest BCUT2D eigenvalue weighted by Gasteiger charge is -2.12. The number of rotatable bonds is 6. The predicted molar refractivity (Wildman–Crippen MR) is 129 cm³/mol. The normalized spacial score (nSPS) is 11.5. The van der Waals surface area contributed by atoms with Gasteiger partial charge in [0.1, 0.15) is 28.5 Å². The highest BCUT2D eigenvalue weighted by molar-refractivity contribution is 5.83. The molecule has 1 aromatic heterocycles. The van der Waals surface area contributed by atoms with Crippen molar-refractivity contribution >= 4 is 16.7 Å². The van der Waals surface area contributed by atoms with Crippen LogP contribution >= 0.6 is 0 Å². The third kappa shape index (κ3) is 4.37. The molecule has 0 aliphatic rings. The van der Waals surface area contributed by atoms with Gasteiger partial charge in [0.25, 0.3) is 0 Å². The number of methoxy groups -OCH3 is 4. The molecule has 0 aliphatic heterocycles. The first-order valence-corrected chi connectivity index (χ1v) is 10.5. The highest BCUT2D eigenvalue weighted by atomic mass is 16.5. The average molecular weight is 446 g/mol. The fraction of sp³-hybridized carbons (Fsp3) is 0.222. The van der Waals surface area contributed by atoms with Crippen LogP contribution in [0.4, 0.5) is 5.69 Å². The van der Waals surface area contributed by atoms with Gasteiger partial charge in [-0.15, -0.1) is 0 Å². The molecule has 33 heavy (non-hydrogen) atoms. The van der Waals surface area contributed by atoms with Crippen molar-refractivity contribution in [3.8, 4) is 34.3 Å². The molecule has 0 bridgehead atoms. The van der Waals surface area contributed by atoms with Crippen LogP contribution in [0, 0.1) is 13.8 Å². The van der Waals surface area contributed by atoms with Gasteiger partial charge in [-0.2, -0.15) is 0 Å². The zero-order valence-electron chi connectivity index (χ0n) is 19.7. The number of nitrogens with zero attached hydrogens (tertiary/aromatic N) is 1. The number of ether oxygens (including phenoxy) is 4. The Kier molecular flexibility index (Phi) is 6.27. The zero-order chi connectivity index (χ0) is 23.5. The molecular formula is C27H27NO5. The third-order valence-electron chi connectivity index (χ3n) is 5.48. The quantitative estimate of drug-likeness (QED) is 0.365. The van der Waals surface area contributed by atoms with E-state index in [1.807, 2.05) is 55.5 Å². The minimum Gasteiger partial charge on any atom is -0.497 e. The first-order valence-electron chi connectivity index (χ1n) is 10.5. The van der Waals surface area contributed by atoms with Gasteiger partial charge in [0.05, 0.1) is 33.8 Å². The van der Waals surface area contributed by atoms with Crippen LogP contribution < -0.4 is 24.3 Å². The largest absolute Gasteiger partial charge is 0.497 e. The Balaban J connectivity index is 2.01. The monoisotopic (exact) mass is 445 g/mol. The van der Waals surface area contributed by atoms with Crippen LogP contribution in [0.25, 0.3) is 22.3 Å². The van der Waals surface area contributed by atoms with E-state index in [9.17, 15) is 0 Å². The summed E-state index contributed by atoms with van der Waals surface area (Å²) in [7, 11) is 6.47. The van der Waals surface area contributed by atoms with Gasteiger partial charge in [0.2, 0.25) is 0 Å². The van der Waals surface area contributed by atoms with Crippen LogP contribution in [0.15, 0.2) is 64.0 Å². The van der Waals surface area contributed by atoms with E-state index in [4.69, 9.17) is 28.4 Å². The van der Waals surface area contributed by atoms with E-state index in [-0.39, 0.29) is 0 Å². The molecule has 0 amide bonds. The molecule has 6 heteroatoms. The standard InChI is InChI=1S/C27H27NO5/c1-16-11-17(2)27-21(28-20-9-8-19(29-3)14-24(20)31-5)15-23(33-26(27)12-16)18-7-10-22(30-4)25(13-18)32-6/h7-15H,1-6H3. The highest BCUT2D eigenvalue weighted by Crippen LogP contribution is 2.34. The Morgan fingerprint density at radius 1 is 0.697 bits per heavy atom. The first kappa shape index (κ1) is 22.3. The lowest BCUT2D eigenvalue weighted by Crippen LogP contribution is -2.06. The second kappa shape index (κ2) is 9.28.